The number of carbonyl (C=O) groups is 1. The van der Waals surface area contributed by atoms with E-state index >= 15 is 0 Å². The maximum Gasteiger partial charge on any atom is 0.239 e. The van der Waals surface area contributed by atoms with Gasteiger partial charge < -0.3 is 14.7 Å². The Balaban J connectivity index is 2.14. The van der Waals surface area contributed by atoms with Gasteiger partial charge in [-0.2, -0.15) is 0 Å². The molecule has 0 bridgehead atoms. The van der Waals surface area contributed by atoms with Crippen LogP contribution in [0.25, 0.3) is 0 Å². The van der Waals surface area contributed by atoms with Crippen LogP contribution in [0.2, 0.25) is 0 Å². The van der Waals surface area contributed by atoms with E-state index in [0.717, 1.165) is 12.1 Å². The van der Waals surface area contributed by atoms with Crippen molar-refractivity contribution in [2.45, 2.75) is 13.3 Å². The number of ether oxygens (including phenoxy) is 1. The Kier molecular flexibility index (Phi) is 3.68. The van der Waals surface area contributed by atoms with E-state index in [1.807, 2.05) is 24.3 Å². The standard InChI is InChI=1S/C14H19NO3/c1-3-11-4-6-12(7-5-11)15(2)13(17)14(8-16)9-18-10-14/h4-7,16H,3,8-10H2,1-2H3. The smallest absolute Gasteiger partial charge is 0.239 e. The van der Waals surface area contributed by atoms with E-state index in [1.165, 1.54) is 5.56 Å². The lowest BCUT2D eigenvalue weighted by Crippen LogP contribution is -2.56. The zero-order chi connectivity index (χ0) is 13.2. The average molecular weight is 249 g/mol. The van der Waals surface area contributed by atoms with Crippen LogP contribution in [0.3, 0.4) is 0 Å². The van der Waals surface area contributed by atoms with Crippen molar-refractivity contribution >= 4 is 11.6 Å². The summed E-state index contributed by atoms with van der Waals surface area (Å²) >= 11 is 0. The maximum absolute atomic E-state index is 12.3. The van der Waals surface area contributed by atoms with Crippen molar-refractivity contribution in [3.63, 3.8) is 0 Å². The minimum Gasteiger partial charge on any atom is -0.395 e. The summed E-state index contributed by atoms with van der Waals surface area (Å²) in [6.07, 6.45) is 0.979. The molecule has 4 nitrogen and oxygen atoms in total. The van der Waals surface area contributed by atoms with Crippen molar-refractivity contribution < 1.29 is 14.6 Å². The quantitative estimate of drug-likeness (QED) is 0.873. The fourth-order valence-corrected chi connectivity index (χ4v) is 2.06. The van der Waals surface area contributed by atoms with Crippen LogP contribution >= 0.6 is 0 Å². The fourth-order valence-electron chi connectivity index (χ4n) is 2.06. The summed E-state index contributed by atoms with van der Waals surface area (Å²) < 4.78 is 5.07. The molecule has 0 aromatic heterocycles. The largest absolute Gasteiger partial charge is 0.395 e. The summed E-state index contributed by atoms with van der Waals surface area (Å²) in [5, 5.41) is 9.36. The van der Waals surface area contributed by atoms with Crippen LogP contribution in [-0.4, -0.2) is 37.9 Å². The molecule has 1 saturated heterocycles. The number of anilines is 1. The first kappa shape index (κ1) is 13.1. The van der Waals surface area contributed by atoms with E-state index in [2.05, 4.69) is 6.92 Å². The second-order valence-electron chi connectivity index (χ2n) is 4.82. The van der Waals surface area contributed by atoms with E-state index in [1.54, 1.807) is 11.9 Å². The zero-order valence-electron chi connectivity index (χ0n) is 10.8. The Bertz CT molecular complexity index is 418. The summed E-state index contributed by atoms with van der Waals surface area (Å²) in [6, 6.07) is 7.90. The van der Waals surface area contributed by atoms with Gasteiger partial charge in [-0.05, 0) is 24.1 Å². The first-order chi connectivity index (χ1) is 8.63. The van der Waals surface area contributed by atoms with Crippen LogP contribution in [0.4, 0.5) is 5.69 Å². The van der Waals surface area contributed by atoms with E-state index in [0.29, 0.717) is 13.2 Å². The molecule has 0 spiro atoms. The van der Waals surface area contributed by atoms with Gasteiger partial charge in [0.2, 0.25) is 5.91 Å². The lowest BCUT2D eigenvalue weighted by Gasteiger charge is -2.40. The van der Waals surface area contributed by atoms with Crippen molar-refractivity contribution in [3.05, 3.63) is 29.8 Å². The predicted molar refractivity (Wildman–Crippen MR) is 69.6 cm³/mol. The van der Waals surface area contributed by atoms with E-state index < -0.39 is 5.41 Å². The minimum atomic E-state index is -0.738. The summed E-state index contributed by atoms with van der Waals surface area (Å²) in [7, 11) is 1.74. The lowest BCUT2D eigenvalue weighted by atomic mass is 9.85. The van der Waals surface area contributed by atoms with E-state index in [-0.39, 0.29) is 12.5 Å². The number of benzene rings is 1. The van der Waals surface area contributed by atoms with Crippen LogP contribution in [0.1, 0.15) is 12.5 Å². The van der Waals surface area contributed by atoms with E-state index in [9.17, 15) is 9.90 Å². The average Bonchev–Trinajstić information content (AvgIpc) is 2.37. The van der Waals surface area contributed by atoms with Crippen LogP contribution < -0.4 is 4.90 Å². The molecular weight excluding hydrogens is 230 g/mol. The summed E-state index contributed by atoms with van der Waals surface area (Å²) in [5.74, 6) is -0.0829. The first-order valence-electron chi connectivity index (χ1n) is 6.18. The number of aryl methyl sites for hydroxylation is 1. The number of aliphatic hydroxyl groups is 1. The van der Waals surface area contributed by atoms with Crippen molar-refractivity contribution in [3.8, 4) is 0 Å². The molecule has 1 fully saturated rings. The maximum atomic E-state index is 12.3. The molecule has 0 saturated carbocycles. The SMILES string of the molecule is CCc1ccc(N(C)C(=O)C2(CO)COC2)cc1. The molecule has 0 atom stereocenters. The van der Waals surface area contributed by atoms with Crippen LogP contribution in [-0.2, 0) is 16.0 Å². The lowest BCUT2D eigenvalue weighted by molar-refractivity contribution is -0.166. The number of hydrogen-bond acceptors (Lipinski definition) is 3. The molecule has 0 unspecified atom stereocenters. The Morgan fingerprint density at radius 2 is 2.00 bits per heavy atom. The highest BCUT2D eigenvalue weighted by atomic mass is 16.5. The molecule has 98 valence electrons. The third-order valence-electron chi connectivity index (χ3n) is 3.55. The van der Waals surface area contributed by atoms with Gasteiger partial charge in [0.25, 0.3) is 0 Å². The monoisotopic (exact) mass is 249 g/mol. The number of aliphatic hydroxyl groups excluding tert-OH is 1. The topological polar surface area (TPSA) is 49.8 Å². The normalized spacial score (nSPS) is 17.1. The van der Waals surface area contributed by atoms with Gasteiger partial charge in [-0.3, -0.25) is 4.79 Å². The molecule has 2 rings (SSSR count). The van der Waals surface area contributed by atoms with Crippen molar-refractivity contribution in [2.75, 3.05) is 31.8 Å². The number of carbonyl (C=O) groups excluding carboxylic acids is 1. The molecule has 1 aromatic rings. The van der Waals surface area contributed by atoms with Crippen molar-refractivity contribution in [1.29, 1.82) is 0 Å². The molecule has 1 amide bonds. The highest BCUT2D eigenvalue weighted by Crippen LogP contribution is 2.30. The van der Waals surface area contributed by atoms with Gasteiger partial charge in [-0.1, -0.05) is 19.1 Å². The van der Waals surface area contributed by atoms with Crippen LogP contribution in [0, 0.1) is 5.41 Å². The molecule has 1 N–H and O–H groups in total. The molecule has 1 aromatic carbocycles. The fraction of sp³-hybridized carbons (Fsp3) is 0.500. The molecular formula is C14H19NO3. The van der Waals surface area contributed by atoms with Gasteiger partial charge >= 0.3 is 0 Å². The molecule has 4 heteroatoms. The summed E-state index contributed by atoms with van der Waals surface area (Å²) in [4.78, 5) is 13.9. The Morgan fingerprint density at radius 3 is 2.39 bits per heavy atom. The second kappa shape index (κ2) is 5.08. The Labute approximate surface area is 107 Å². The van der Waals surface area contributed by atoms with Gasteiger partial charge in [-0.15, -0.1) is 0 Å². The van der Waals surface area contributed by atoms with Gasteiger partial charge in [-0.25, -0.2) is 0 Å². The first-order valence-corrected chi connectivity index (χ1v) is 6.18. The third-order valence-corrected chi connectivity index (χ3v) is 3.55. The number of hydrogen-bond donors (Lipinski definition) is 1. The predicted octanol–water partition coefficient (Wildman–Crippen LogP) is 1.22. The Hall–Kier alpha value is -1.39. The zero-order valence-corrected chi connectivity index (χ0v) is 10.8. The molecule has 1 aliphatic rings. The summed E-state index contributed by atoms with van der Waals surface area (Å²) in [6.45, 7) is 2.54. The van der Waals surface area contributed by atoms with Crippen LogP contribution in [0.15, 0.2) is 24.3 Å². The number of rotatable bonds is 4. The Morgan fingerprint density at radius 1 is 1.39 bits per heavy atom. The third kappa shape index (κ3) is 2.13. The molecule has 0 radical (unpaired) electrons. The van der Waals surface area contributed by atoms with Gasteiger partial charge in [0.05, 0.1) is 19.8 Å². The van der Waals surface area contributed by atoms with Gasteiger partial charge in [0.15, 0.2) is 0 Å². The molecule has 1 heterocycles. The van der Waals surface area contributed by atoms with Crippen LogP contribution in [0.5, 0.6) is 0 Å². The summed E-state index contributed by atoms with van der Waals surface area (Å²) in [5.41, 5.74) is 1.35. The van der Waals surface area contributed by atoms with E-state index in [4.69, 9.17) is 4.74 Å². The highest BCUT2D eigenvalue weighted by Gasteiger charge is 2.47. The van der Waals surface area contributed by atoms with Gasteiger partial charge in [0.1, 0.15) is 5.41 Å². The second-order valence-corrected chi connectivity index (χ2v) is 4.82. The minimum absolute atomic E-state index is 0.0829. The van der Waals surface area contributed by atoms with Gasteiger partial charge in [0, 0.05) is 12.7 Å². The highest BCUT2D eigenvalue weighted by molar-refractivity contribution is 5.98. The molecule has 0 aliphatic carbocycles. The van der Waals surface area contributed by atoms with Crippen molar-refractivity contribution in [2.24, 2.45) is 5.41 Å². The molecule has 1 aliphatic heterocycles. The molecule has 18 heavy (non-hydrogen) atoms. The number of amides is 1. The van der Waals surface area contributed by atoms with Crippen molar-refractivity contribution in [1.82, 2.24) is 0 Å². The number of nitrogens with zero attached hydrogens (tertiary/aromatic N) is 1.